The first kappa shape index (κ1) is 14.6. The largest absolute Gasteiger partial charge is 0.481 e. The Morgan fingerprint density at radius 1 is 1.41 bits per heavy atom. The fourth-order valence-electron chi connectivity index (χ4n) is 2.98. The first-order valence-corrected chi connectivity index (χ1v) is 7.32. The van der Waals surface area contributed by atoms with Gasteiger partial charge in [-0.1, -0.05) is 12.1 Å². The van der Waals surface area contributed by atoms with Crippen LogP contribution in [0.4, 0.5) is 0 Å². The van der Waals surface area contributed by atoms with Crippen LogP contribution in [0.1, 0.15) is 12.0 Å². The second-order valence-corrected chi connectivity index (χ2v) is 5.69. The van der Waals surface area contributed by atoms with E-state index in [2.05, 4.69) is 28.1 Å². The number of carboxylic acids is 1. The number of aryl methyl sites for hydroxylation is 1. The number of piperazine rings is 1. The van der Waals surface area contributed by atoms with Gasteiger partial charge in [0.1, 0.15) is 6.04 Å². The minimum Gasteiger partial charge on any atom is -0.481 e. The van der Waals surface area contributed by atoms with E-state index in [-0.39, 0.29) is 12.3 Å². The van der Waals surface area contributed by atoms with Crippen LogP contribution in [0.5, 0.6) is 0 Å². The molecular weight excluding hydrogens is 282 g/mol. The monoisotopic (exact) mass is 301 g/mol. The molecule has 0 radical (unpaired) electrons. The van der Waals surface area contributed by atoms with Gasteiger partial charge in [-0.05, 0) is 23.1 Å². The van der Waals surface area contributed by atoms with E-state index in [1.165, 1.54) is 5.39 Å². The van der Waals surface area contributed by atoms with Crippen LogP contribution >= 0.6 is 0 Å². The summed E-state index contributed by atoms with van der Waals surface area (Å²) < 4.78 is 2.05. The molecule has 1 fully saturated rings. The number of aromatic nitrogens is 1. The van der Waals surface area contributed by atoms with Crippen molar-refractivity contribution >= 4 is 22.8 Å². The number of carboxylic acid groups (broad SMARTS) is 1. The van der Waals surface area contributed by atoms with Crippen LogP contribution in [-0.4, -0.2) is 45.6 Å². The number of amides is 1. The fraction of sp³-hybridized carbons (Fsp3) is 0.375. The van der Waals surface area contributed by atoms with Crippen molar-refractivity contribution in [3.8, 4) is 0 Å². The second-order valence-electron chi connectivity index (χ2n) is 5.69. The molecule has 1 aliphatic rings. The van der Waals surface area contributed by atoms with Gasteiger partial charge >= 0.3 is 5.97 Å². The van der Waals surface area contributed by atoms with Crippen LogP contribution in [0.15, 0.2) is 30.5 Å². The van der Waals surface area contributed by atoms with Crippen LogP contribution in [-0.2, 0) is 23.2 Å². The molecule has 2 heterocycles. The molecule has 3 rings (SSSR count). The van der Waals surface area contributed by atoms with Gasteiger partial charge in [-0.3, -0.25) is 14.5 Å². The summed E-state index contributed by atoms with van der Waals surface area (Å²) in [5.74, 6) is -1.15. The van der Waals surface area contributed by atoms with Gasteiger partial charge in [0.05, 0.1) is 6.42 Å². The van der Waals surface area contributed by atoms with E-state index in [1.807, 2.05) is 24.2 Å². The molecule has 1 atom stereocenters. The summed E-state index contributed by atoms with van der Waals surface area (Å²) in [7, 11) is 1.99. The normalized spacial score (nSPS) is 19.3. The Bertz CT molecular complexity index is 722. The molecule has 2 aromatic rings. The van der Waals surface area contributed by atoms with Crippen LogP contribution in [0.2, 0.25) is 0 Å². The summed E-state index contributed by atoms with van der Waals surface area (Å²) >= 11 is 0. The summed E-state index contributed by atoms with van der Waals surface area (Å²) in [6.07, 6.45) is 1.84. The number of carbonyl (C=O) groups excluding carboxylic acids is 1. The maximum atomic E-state index is 11.9. The Hall–Kier alpha value is -2.34. The van der Waals surface area contributed by atoms with Crippen LogP contribution in [0, 0.1) is 0 Å². The van der Waals surface area contributed by atoms with Crippen LogP contribution in [0.25, 0.3) is 10.9 Å². The second kappa shape index (κ2) is 5.81. The van der Waals surface area contributed by atoms with E-state index in [9.17, 15) is 9.59 Å². The number of rotatable bonds is 4. The van der Waals surface area contributed by atoms with Crippen molar-refractivity contribution in [3.05, 3.63) is 36.0 Å². The zero-order chi connectivity index (χ0) is 15.7. The van der Waals surface area contributed by atoms with E-state index in [0.717, 1.165) is 11.1 Å². The van der Waals surface area contributed by atoms with Crippen molar-refractivity contribution in [2.75, 3.05) is 13.1 Å². The molecule has 116 valence electrons. The summed E-state index contributed by atoms with van der Waals surface area (Å²) in [5.41, 5.74) is 2.22. The molecule has 1 aliphatic heterocycles. The van der Waals surface area contributed by atoms with Gasteiger partial charge < -0.3 is 15.0 Å². The van der Waals surface area contributed by atoms with Crippen LogP contribution < -0.4 is 5.32 Å². The Balaban J connectivity index is 1.83. The average molecular weight is 301 g/mol. The molecule has 1 aromatic carbocycles. The maximum Gasteiger partial charge on any atom is 0.305 e. The van der Waals surface area contributed by atoms with E-state index in [4.69, 9.17) is 5.11 Å². The molecule has 0 saturated carbocycles. The number of nitrogens with zero attached hydrogens (tertiary/aromatic N) is 2. The minimum absolute atomic E-state index is 0.168. The quantitative estimate of drug-likeness (QED) is 0.882. The predicted molar refractivity (Wildman–Crippen MR) is 82.4 cm³/mol. The Morgan fingerprint density at radius 2 is 2.23 bits per heavy atom. The highest BCUT2D eigenvalue weighted by molar-refractivity contribution is 5.86. The van der Waals surface area contributed by atoms with Crippen LogP contribution in [0.3, 0.4) is 0 Å². The molecule has 1 amide bonds. The minimum atomic E-state index is -0.954. The third-order valence-electron chi connectivity index (χ3n) is 4.15. The molecule has 0 spiro atoms. The molecule has 0 aliphatic carbocycles. The van der Waals surface area contributed by atoms with Crippen molar-refractivity contribution in [2.45, 2.75) is 19.0 Å². The highest BCUT2D eigenvalue weighted by atomic mass is 16.4. The molecule has 6 heteroatoms. The SMILES string of the molecule is Cn1ccc2ccc(CN3CCNC(=O)[C@@H]3CC(=O)O)cc21. The van der Waals surface area contributed by atoms with Gasteiger partial charge in [-0.2, -0.15) is 0 Å². The van der Waals surface area contributed by atoms with E-state index < -0.39 is 12.0 Å². The molecular formula is C16H19N3O3. The smallest absolute Gasteiger partial charge is 0.305 e. The zero-order valence-corrected chi connectivity index (χ0v) is 12.5. The Kier molecular flexibility index (Phi) is 3.85. The molecule has 0 unspecified atom stereocenters. The lowest BCUT2D eigenvalue weighted by Gasteiger charge is -2.34. The summed E-state index contributed by atoms with van der Waals surface area (Å²) in [5, 5.41) is 12.9. The predicted octanol–water partition coefficient (Wildman–Crippen LogP) is 0.953. The average Bonchev–Trinajstić information content (AvgIpc) is 2.84. The lowest BCUT2D eigenvalue weighted by molar-refractivity contribution is -0.143. The van der Waals surface area contributed by atoms with Gasteiger partial charge in [0.25, 0.3) is 0 Å². The maximum absolute atomic E-state index is 11.9. The molecule has 0 bridgehead atoms. The summed E-state index contributed by atoms with van der Waals surface area (Å²) in [6, 6.07) is 7.64. The highest BCUT2D eigenvalue weighted by Gasteiger charge is 2.31. The van der Waals surface area contributed by atoms with E-state index in [0.29, 0.717) is 19.6 Å². The lowest BCUT2D eigenvalue weighted by Crippen LogP contribution is -2.55. The Labute approximate surface area is 128 Å². The molecule has 22 heavy (non-hydrogen) atoms. The third kappa shape index (κ3) is 2.82. The number of benzene rings is 1. The highest BCUT2D eigenvalue weighted by Crippen LogP contribution is 2.19. The van der Waals surface area contributed by atoms with Crippen molar-refractivity contribution < 1.29 is 14.7 Å². The van der Waals surface area contributed by atoms with Gasteiger partial charge in [0, 0.05) is 38.4 Å². The lowest BCUT2D eigenvalue weighted by atomic mass is 10.1. The first-order valence-electron chi connectivity index (χ1n) is 7.32. The van der Waals surface area contributed by atoms with Crippen molar-refractivity contribution in [2.24, 2.45) is 7.05 Å². The van der Waals surface area contributed by atoms with Gasteiger partial charge in [0.15, 0.2) is 0 Å². The van der Waals surface area contributed by atoms with E-state index >= 15 is 0 Å². The van der Waals surface area contributed by atoms with Crippen molar-refractivity contribution in [1.29, 1.82) is 0 Å². The standard InChI is InChI=1S/C16H19N3O3/c1-18-6-4-12-3-2-11(8-13(12)18)10-19-7-5-17-16(22)14(19)9-15(20)21/h2-4,6,8,14H,5,7,9-10H2,1H3,(H,17,22)(H,20,21)/t14-/m0/s1. The zero-order valence-electron chi connectivity index (χ0n) is 12.5. The number of aliphatic carboxylic acids is 1. The topological polar surface area (TPSA) is 74.6 Å². The number of fused-ring (bicyclic) bond motifs is 1. The fourth-order valence-corrected chi connectivity index (χ4v) is 2.98. The number of hydrogen-bond donors (Lipinski definition) is 2. The third-order valence-corrected chi connectivity index (χ3v) is 4.15. The van der Waals surface area contributed by atoms with E-state index in [1.54, 1.807) is 0 Å². The first-order chi connectivity index (χ1) is 10.5. The molecule has 6 nitrogen and oxygen atoms in total. The van der Waals surface area contributed by atoms with Crippen molar-refractivity contribution in [3.63, 3.8) is 0 Å². The Morgan fingerprint density at radius 3 is 3.00 bits per heavy atom. The summed E-state index contributed by atoms with van der Waals surface area (Å²) in [6.45, 7) is 1.79. The van der Waals surface area contributed by atoms with Gasteiger partial charge in [-0.25, -0.2) is 0 Å². The van der Waals surface area contributed by atoms with Gasteiger partial charge in [0.2, 0.25) is 5.91 Å². The number of hydrogen-bond acceptors (Lipinski definition) is 3. The number of carbonyl (C=O) groups is 2. The van der Waals surface area contributed by atoms with Crippen molar-refractivity contribution in [1.82, 2.24) is 14.8 Å². The summed E-state index contributed by atoms with van der Waals surface area (Å²) in [4.78, 5) is 24.9. The molecule has 2 N–H and O–H groups in total. The molecule has 1 saturated heterocycles. The van der Waals surface area contributed by atoms with Gasteiger partial charge in [-0.15, -0.1) is 0 Å². The number of nitrogens with one attached hydrogen (secondary N) is 1. The molecule has 1 aromatic heterocycles.